The molecule has 2 nitrogen and oxygen atoms in total. The van der Waals surface area contributed by atoms with E-state index in [0.717, 1.165) is 12.8 Å². The van der Waals surface area contributed by atoms with E-state index >= 15 is 0 Å². The van der Waals surface area contributed by atoms with Crippen molar-refractivity contribution in [1.82, 2.24) is 0 Å². The Morgan fingerprint density at radius 2 is 1.50 bits per heavy atom. The van der Waals surface area contributed by atoms with E-state index in [0.29, 0.717) is 11.8 Å². The van der Waals surface area contributed by atoms with Crippen LogP contribution >= 0.6 is 0 Å². The van der Waals surface area contributed by atoms with Crippen molar-refractivity contribution in [3.63, 3.8) is 0 Å². The minimum Gasteiger partial charge on any atom is -0.393 e. The van der Waals surface area contributed by atoms with Crippen LogP contribution in [0.2, 0.25) is 0 Å². The van der Waals surface area contributed by atoms with Crippen molar-refractivity contribution in [3.05, 3.63) is 0 Å². The van der Waals surface area contributed by atoms with E-state index in [2.05, 4.69) is 0 Å². The van der Waals surface area contributed by atoms with Crippen LogP contribution in [0.4, 0.5) is 0 Å². The molecule has 0 radical (unpaired) electrons. The van der Waals surface area contributed by atoms with Crippen molar-refractivity contribution in [1.29, 1.82) is 0 Å². The van der Waals surface area contributed by atoms with E-state index in [4.69, 9.17) is 10.2 Å². The first-order chi connectivity index (χ1) is 3.79. The highest BCUT2D eigenvalue weighted by atomic mass is 16.3. The predicted octanol–water partition coefficient (Wildman–Crippen LogP) is -0.252. The summed E-state index contributed by atoms with van der Waals surface area (Å²) in [5, 5.41) is 17.9. The largest absolute Gasteiger partial charge is 0.393 e. The van der Waals surface area contributed by atoms with Crippen molar-refractivity contribution in [2.45, 2.75) is 25.0 Å². The van der Waals surface area contributed by atoms with Crippen molar-refractivity contribution < 1.29 is 10.2 Å². The minimum absolute atomic E-state index is 0.0570. The van der Waals surface area contributed by atoms with Crippen LogP contribution < -0.4 is 0 Å². The molecule has 2 N–H and O–H groups in total. The molecule has 46 valence electrons. The summed E-state index contributed by atoms with van der Waals surface area (Å²) in [5.41, 5.74) is 0. The molecule has 0 saturated heterocycles. The number of rotatable bonds is 0. The van der Waals surface area contributed by atoms with Crippen LogP contribution in [-0.2, 0) is 0 Å². The Bertz CT molecular complexity index is 101. The molecule has 2 atom stereocenters. The molecular formula is C6H10O2. The molecule has 0 aromatic rings. The summed E-state index contributed by atoms with van der Waals surface area (Å²) in [5.74, 6) is 0.926. The molecule has 2 aliphatic rings. The van der Waals surface area contributed by atoms with Crippen LogP contribution in [0.3, 0.4) is 0 Å². The van der Waals surface area contributed by atoms with Gasteiger partial charge in [-0.05, 0) is 24.7 Å². The van der Waals surface area contributed by atoms with E-state index in [1.807, 2.05) is 0 Å². The standard InChI is InChI=1S/C6H10O2/c7-3-1-4-5(2-3)6(4)8/h3-8H,1-2H2. The number of hydrogen-bond acceptors (Lipinski definition) is 2. The van der Waals surface area contributed by atoms with Crippen LogP contribution in [0.25, 0.3) is 0 Å². The highest BCUT2D eigenvalue weighted by Crippen LogP contribution is 2.51. The van der Waals surface area contributed by atoms with Gasteiger partial charge in [0.2, 0.25) is 0 Å². The second-order valence-corrected chi connectivity index (χ2v) is 2.94. The van der Waals surface area contributed by atoms with Gasteiger partial charge in [0.05, 0.1) is 12.2 Å². The van der Waals surface area contributed by atoms with Gasteiger partial charge in [-0.25, -0.2) is 0 Å². The molecule has 0 bridgehead atoms. The van der Waals surface area contributed by atoms with Gasteiger partial charge in [0.1, 0.15) is 0 Å². The monoisotopic (exact) mass is 114 g/mol. The maximum atomic E-state index is 8.95. The fourth-order valence-electron chi connectivity index (χ4n) is 1.78. The Morgan fingerprint density at radius 3 is 1.88 bits per heavy atom. The molecule has 2 fully saturated rings. The first-order valence-corrected chi connectivity index (χ1v) is 3.15. The second-order valence-electron chi connectivity index (χ2n) is 2.94. The van der Waals surface area contributed by atoms with Crippen molar-refractivity contribution >= 4 is 0 Å². The van der Waals surface area contributed by atoms with Crippen molar-refractivity contribution in [2.75, 3.05) is 0 Å². The van der Waals surface area contributed by atoms with Crippen molar-refractivity contribution in [2.24, 2.45) is 11.8 Å². The third-order valence-electron chi connectivity index (χ3n) is 2.37. The summed E-state index contributed by atoms with van der Waals surface area (Å²) in [6.07, 6.45) is 1.52. The fraction of sp³-hybridized carbons (Fsp3) is 1.00. The highest BCUT2D eigenvalue weighted by Gasteiger charge is 2.54. The zero-order valence-corrected chi connectivity index (χ0v) is 4.62. The molecule has 0 aliphatic heterocycles. The van der Waals surface area contributed by atoms with Gasteiger partial charge in [-0.15, -0.1) is 0 Å². The van der Waals surface area contributed by atoms with Crippen LogP contribution in [0.1, 0.15) is 12.8 Å². The van der Waals surface area contributed by atoms with E-state index in [-0.39, 0.29) is 12.2 Å². The molecular weight excluding hydrogens is 104 g/mol. The molecule has 0 aromatic heterocycles. The van der Waals surface area contributed by atoms with E-state index in [1.165, 1.54) is 0 Å². The maximum Gasteiger partial charge on any atom is 0.0605 e. The number of aliphatic hydroxyl groups excluding tert-OH is 2. The van der Waals surface area contributed by atoms with Gasteiger partial charge in [-0.1, -0.05) is 0 Å². The topological polar surface area (TPSA) is 40.5 Å². The zero-order chi connectivity index (χ0) is 5.72. The van der Waals surface area contributed by atoms with Crippen molar-refractivity contribution in [3.8, 4) is 0 Å². The summed E-state index contributed by atoms with van der Waals surface area (Å²) in [7, 11) is 0. The predicted molar refractivity (Wildman–Crippen MR) is 28.2 cm³/mol. The molecule has 8 heavy (non-hydrogen) atoms. The molecule has 0 aromatic carbocycles. The second kappa shape index (κ2) is 1.25. The molecule has 2 aliphatic carbocycles. The number of aliphatic hydroxyl groups is 2. The van der Waals surface area contributed by atoms with Crippen LogP contribution in [0.15, 0.2) is 0 Å². The lowest BCUT2D eigenvalue weighted by atomic mass is 10.2. The summed E-state index contributed by atoms with van der Waals surface area (Å²) in [4.78, 5) is 0. The molecule has 0 spiro atoms. The molecule has 2 saturated carbocycles. The Hall–Kier alpha value is -0.0800. The van der Waals surface area contributed by atoms with Crippen LogP contribution in [0, 0.1) is 11.8 Å². The van der Waals surface area contributed by atoms with Gasteiger partial charge in [0.25, 0.3) is 0 Å². The van der Waals surface area contributed by atoms with Gasteiger partial charge in [0, 0.05) is 0 Å². The van der Waals surface area contributed by atoms with Gasteiger partial charge in [-0.3, -0.25) is 0 Å². The molecule has 2 rings (SSSR count). The first-order valence-electron chi connectivity index (χ1n) is 3.15. The molecule has 2 heteroatoms. The summed E-state index contributed by atoms with van der Waals surface area (Å²) in [6, 6.07) is 0. The smallest absolute Gasteiger partial charge is 0.0605 e. The van der Waals surface area contributed by atoms with E-state index < -0.39 is 0 Å². The molecule has 0 amide bonds. The maximum absolute atomic E-state index is 8.95. The van der Waals surface area contributed by atoms with Gasteiger partial charge in [-0.2, -0.15) is 0 Å². The van der Waals surface area contributed by atoms with Crippen LogP contribution in [0.5, 0.6) is 0 Å². The summed E-state index contributed by atoms with van der Waals surface area (Å²) >= 11 is 0. The lowest BCUT2D eigenvalue weighted by Crippen LogP contribution is -2.06. The average Bonchev–Trinajstić information content (AvgIpc) is 2.29. The number of fused-ring (bicyclic) bond motifs is 1. The third-order valence-corrected chi connectivity index (χ3v) is 2.37. The normalized spacial score (nSPS) is 60.8. The minimum atomic E-state index is -0.103. The molecule has 2 unspecified atom stereocenters. The van der Waals surface area contributed by atoms with Gasteiger partial charge >= 0.3 is 0 Å². The third kappa shape index (κ3) is 0.446. The average molecular weight is 114 g/mol. The first kappa shape index (κ1) is 4.77. The Labute approximate surface area is 48.1 Å². The van der Waals surface area contributed by atoms with E-state index in [1.54, 1.807) is 0 Å². The fourth-order valence-corrected chi connectivity index (χ4v) is 1.78. The Morgan fingerprint density at radius 1 is 1.00 bits per heavy atom. The Balaban J connectivity index is 2.00. The van der Waals surface area contributed by atoms with Crippen LogP contribution in [-0.4, -0.2) is 22.4 Å². The quantitative estimate of drug-likeness (QED) is 0.456. The summed E-state index contributed by atoms with van der Waals surface area (Å²) < 4.78 is 0. The Kier molecular flexibility index (Phi) is 0.746. The SMILES string of the molecule is OC1CC2C(O)C2C1. The van der Waals surface area contributed by atoms with Gasteiger partial charge in [0.15, 0.2) is 0 Å². The molecule has 0 heterocycles. The highest BCUT2D eigenvalue weighted by molar-refractivity contribution is 5.04. The van der Waals surface area contributed by atoms with Gasteiger partial charge < -0.3 is 10.2 Å². The lowest BCUT2D eigenvalue weighted by Gasteiger charge is -2.01. The lowest BCUT2D eigenvalue weighted by molar-refractivity contribution is 0.132. The van der Waals surface area contributed by atoms with E-state index in [9.17, 15) is 0 Å². The number of hydrogen-bond donors (Lipinski definition) is 2. The zero-order valence-electron chi connectivity index (χ0n) is 4.62. The summed E-state index contributed by atoms with van der Waals surface area (Å²) in [6.45, 7) is 0.